The second-order valence-electron chi connectivity index (χ2n) is 7.20. The molecule has 0 unspecified atom stereocenters. The first kappa shape index (κ1) is 18.5. The first-order valence-electron chi connectivity index (χ1n) is 9.54. The lowest BCUT2D eigenvalue weighted by molar-refractivity contribution is 0.240. The Labute approximate surface area is 170 Å². The van der Waals surface area contributed by atoms with Crippen LogP contribution in [0.4, 0.5) is 5.69 Å². The number of ether oxygens (including phenoxy) is 1. The Bertz CT molecular complexity index is 1080. The minimum Gasteiger partial charge on any atom is -0.491 e. The van der Waals surface area contributed by atoms with Gasteiger partial charge in [0.25, 0.3) is 0 Å². The van der Waals surface area contributed by atoms with Crippen LogP contribution in [0.2, 0.25) is 0 Å². The Morgan fingerprint density at radius 1 is 1.00 bits per heavy atom. The van der Waals surface area contributed by atoms with Crippen LogP contribution in [0.5, 0.6) is 5.75 Å². The molecule has 4 aromatic rings. The SMILES string of the molecule is Cc1ccc2nc(-c3ccc(NCc4ccccc4OC(C)C)cc3)sc2c1. The highest BCUT2D eigenvalue weighted by Crippen LogP contribution is 2.31. The third kappa shape index (κ3) is 4.18. The van der Waals surface area contributed by atoms with Gasteiger partial charge < -0.3 is 10.1 Å². The van der Waals surface area contributed by atoms with Gasteiger partial charge in [-0.05, 0) is 68.8 Å². The van der Waals surface area contributed by atoms with Crippen LogP contribution in [0.25, 0.3) is 20.8 Å². The van der Waals surface area contributed by atoms with Crippen molar-refractivity contribution in [2.24, 2.45) is 0 Å². The van der Waals surface area contributed by atoms with E-state index in [0.29, 0.717) is 0 Å². The molecule has 4 heteroatoms. The van der Waals surface area contributed by atoms with E-state index >= 15 is 0 Å². The largest absolute Gasteiger partial charge is 0.491 e. The molecule has 0 bridgehead atoms. The van der Waals surface area contributed by atoms with E-state index in [-0.39, 0.29) is 6.10 Å². The Morgan fingerprint density at radius 2 is 1.79 bits per heavy atom. The first-order valence-corrected chi connectivity index (χ1v) is 10.4. The van der Waals surface area contributed by atoms with Crippen molar-refractivity contribution in [2.45, 2.75) is 33.4 Å². The van der Waals surface area contributed by atoms with Gasteiger partial charge in [0.2, 0.25) is 0 Å². The van der Waals surface area contributed by atoms with E-state index in [9.17, 15) is 0 Å². The fraction of sp³-hybridized carbons (Fsp3) is 0.208. The molecular formula is C24H24N2OS. The molecule has 0 saturated carbocycles. The molecule has 1 N–H and O–H groups in total. The molecule has 28 heavy (non-hydrogen) atoms. The molecule has 1 heterocycles. The standard InChI is InChI=1S/C24H24N2OS/c1-16(2)27-22-7-5-4-6-19(22)15-25-20-11-9-18(10-12-20)24-26-21-13-8-17(3)14-23(21)28-24/h4-14,16,25H,15H2,1-3H3. The summed E-state index contributed by atoms with van der Waals surface area (Å²) in [6.45, 7) is 6.94. The lowest BCUT2D eigenvalue weighted by Crippen LogP contribution is -2.09. The number of nitrogens with zero attached hydrogens (tertiary/aromatic N) is 1. The van der Waals surface area contributed by atoms with Crippen molar-refractivity contribution in [3.8, 4) is 16.3 Å². The third-order valence-corrected chi connectivity index (χ3v) is 5.56. The zero-order valence-corrected chi connectivity index (χ0v) is 17.2. The molecule has 1 aromatic heterocycles. The fourth-order valence-electron chi connectivity index (χ4n) is 3.10. The molecular weight excluding hydrogens is 364 g/mol. The number of para-hydroxylation sites is 1. The first-order chi connectivity index (χ1) is 13.6. The number of fused-ring (bicyclic) bond motifs is 1. The topological polar surface area (TPSA) is 34.2 Å². The molecule has 0 fully saturated rings. The summed E-state index contributed by atoms with van der Waals surface area (Å²) in [6, 6.07) is 23.1. The summed E-state index contributed by atoms with van der Waals surface area (Å²) in [5.74, 6) is 0.936. The van der Waals surface area contributed by atoms with Gasteiger partial charge in [0.05, 0.1) is 16.3 Å². The van der Waals surface area contributed by atoms with Gasteiger partial charge in [-0.25, -0.2) is 4.98 Å². The van der Waals surface area contributed by atoms with Gasteiger partial charge in [-0.1, -0.05) is 24.3 Å². The smallest absolute Gasteiger partial charge is 0.124 e. The number of aromatic nitrogens is 1. The second-order valence-corrected chi connectivity index (χ2v) is 8.23. The van der Waals surface area contributed by atoms with Crippen molar-refractivity contribution in [2.75, 3.05) is 5.32 Å². The predicted octanol–water partition coefficient (Wildman–Crippen LogP) is 6.67. The number of aryl methyl sites for hydroxylation is 1. The van der Waals surface area contributed by atoms with Gasteiger partial charge in [-0.2, -0.15) is 0 Å². The maximum atomic E-state index is 5.90. The van der Waals surface area contributed by atoms with Crippen LogP contribution in [-0.2, 0) is 6.54 Å². The van der Waals surface area contributed by atoms with Gasteiger partial charge in [0.1, 0.15) is 10.8 Å². The summed E-state index contributed by atoms with van der Waals surface area (Å²) in [6.07, 6.45) is 0.165. The molecule has 0 saturated heterocycles. The van der Waals surface area contributed by atoms with Crippen LogP contribution in [0.15, 0.2) is 66.7 Å². The van der Waals surface area contributed by atoms with E-state index in [1.54, 1.807) is 11.3 Å². The van der Waals surface area contributed by atoms with Crippen LogP contribution in [0.1, 0.15) is 25.0 Å². The summed E-state index contributed by atoms with van der Waals surface area (Å²) in [7, 11) is 0. The van der Waals surface area contributed by atoms with Gasteiger partial charge in [-0.3, -0.25) is 0 Å². The Morgan fingerprint density at radius 3 is 2.57 bits per heavy atom. The molecule has 0 amide bonds. The highest BCUT2D eigenvalue weighted by atomic mass is 32.1. The molecule has 4 rings (SSSR count). The van der Waals surface area contributed by atoms with Gasteiger partial charge in [0.15, 0.2) is 0 Å². The summed E-state index contributed by atoms with van der Waals surface area (Å²) >= 11 is 1.74. The van der Waals surface area contributed by atoms with E-state index in [1.165, 1.54) is 10.3 Å². The number of hydrogen-bond donors (Lipinski definition) is 1. The Hall–Kier alpha value is -2.85. The third-order valence-electron chi connectivity index (χ3n) is 4.49. The van der Waals surface area contributed by atoms with Crippen molar-refractivity contribution in [3.05, 3.63) is 77.9 Å². The molecule has 0 atom stereocenters. The molecule has 3 nitrogen and oxygen atoms in total. The number of benzene rings is 3. The molecule has 0 aliphatic heterocycles. The summed E-state index contributed by atoms with van der Waals surface area (Å²) < 4.78 is 7.14. The summed E-state index contributed by atoms with van der Waals surface area (Å²) in [5.41, 5.74) is 5.72. The van der Waals surface area contributed by atoms with Crippen molar-refractivity contribution < 1.29 is 4.74 Å². The van der Waals surface area contributed by atoms with E-state index < -0.39 is 0 Å². The lowest BCUT2D eigenvalue weighted by atomic mass is 10.1. The predicted molar refractivity (Wildman–Crippen MR) is 119 cm³/mol. The van der Waals surface area contributed by atoms with Crippen LogP contribution < -0.4 is 10.1 Å². The normalized spacial score (nSPS) is 11.1. The van der Waals surface area contributed by atoms with Gasteiger partial charge in [-0.15, -0.1) is 11.3 Å². The minimum absolute atomic E-state index is 0.165. The average molecular weight is 389 g/mol. The Kier molecular flexibility index (Phi) is 5.31. The molecule has 0 radical (unpaired) electrons. The van der Waals surface area contributed by atoms with Crippen molar-refractivity contribution in [1.29, 1.82) is 0 Å². The van der Waals surface area contributed by atoms with Gasteiger partial charge >= 0.3 is 0 Å². The van der Waals surface area contributed by atoms with E-state index in [2.05, 4.69) is 60.8 Å². The van der Waals surface area contributed by atoms with Crippen molar-refractivity contribution in [1.82, 2.24) is 4.98 Å². The van der Waals surface area contributed by atoms with Crippen molar-refractivity contribution in [3.63, 3.8) is 0 Å². The van der Waals surface area contributed by atoms with Gasteiger partial charge in [0, 0.05) is 23.4 Å². The molecule has 0 aliphatic carbocycles. The number of thiazole rings is 1. The second kappa shape index (κ2) is 8.03. The molecule has 142 valence electrons. The highest BCUT2D eigenvalue weighted by Gasteiger charge is 2.08. The minimum atomic E-state index is 0.165. The number of nitrogens with one attached hydrogen (secondary N) is 1. The average Bonchev–Trinajstić information content (AvgIpc) is 3.10. The quantitative estimate of drug-likeness (QED) is 0.400. The number of anilines is 1. The molecule has 0 spiro atoms. The molecule has 3 aromatic carbocycles. The van der Waals surface area contributed by atoms with Crippen LogP contribution in [-0.4, -0.2) is 11.1 Å². The lowest BCUT2D eigenvalue weighted by Gasteiger charge is -2.15. The number of hydrogen-bond acceptors (Lipinski definition) is 4. The monoisotopic (exact) mass is 388 g/mol. The maximum absolute atomic E-state index is 5.90. The highest BCUT2D eigenvalue weighted by molar-refractivity contribution is 7.21. The fourth-order valence-corrected chi connectivity index (χ4v) is 4.17. The van der Waals surface area contributed by atoms with Crippen LogP contribution in [0, 0.1) is 6.92 Å². The summed E-state index contributed by atoms with van der Waals surface area (Å²) in [4.78, 5) is 4.77. The maximum Gasteiger partial charge on any atom is 0.124 e. The summed E-state index contributed by atoms with van der Waals surface area (Å²) in [5, 5.41) is 4.55. The van der Waals surface area contributed by atoms with Crippen molar-refractivity contribution >= 4 is 27.2 Å². The van der Waals surface area contributed by atoms with E-state index in [0.717, 1.165) is 39.6 Å². The van der Waals surface area contributed by atoms with Crippen LogP contribution >= 0.6 is 11.3 Å². The van der Waals surface area contributed by atoms with E-state index in [4.69, 9.17) is 9.72 Å². The number of rotatable bonds is 6. The molecule has 0 aliphatic rings. The Balaban J connectivity index is 1.48. The van der Waals surface area contributed by atoms with Crippen LogP contribution in [0.3, 0.4) is 0 Å². The zero-order valence-electron chi connectivity index (χ0n) is 16.4. The zero-order chi connectivity index (χ0) is 19.5. The van der Waals surface area contributed by atoms with E-state index in [1.807, 2.05) is 32.0 Å².